The summed E-state index contributed by atoms with van der Waals surface area (Å²) in [5, 5.41) is 3.49. The van der Waals surface area contributed by atoms with Gasteiger partial charge in [0.25, 0.3) is 5.56 Å². The summed E-state index contributed by atoms with van der Waals surface area (Å²) in [6, 6.07) is 13.6. The lowest BCUT2D eigenvalue weighted by Gasteiger charge is -2.24. The number of nitrogens with one attached hydrogen (secondary N) is 1. The highest BCUT2D eigenvalue weighted by Crippen LogP contribution is 2.24. The molecule has 168 valence electrons. The molecule has 0 bridgehead atoms. The Morgan fingerprint density at radius 1 is 1.19 bits per heavy atom. The zero-order chi connectivity index (χ0) is 22.9. The molecule has 1 aliphatic rings. The van der Waals surface area contributed by atoms with Gasteiger partial charge in [0.15, 0.2) is 0 Å². The van der Waals surface area contributed by atoms with Crippen LogP contribution in [0.5, 0.6) is 0 Å². The molecule has 1 aliphatic heterocycles. The summed E-state index contributed by atoms with van der Waals surface area (Å²) in [5.41, 5.74) is 3.35. The summed E-state index contributed by atoms with van der Waals surface area (Å²) < 4.78 is 7.06. The quantitative estimate of drug-likeness (QED) is 0.661. The van der Waals surface area contributed by atoms with Crippen LogP contribution in [-0.2, 0) is 11.2 Å². The molecular formula is C25H30N4O3. The molecule has 0 aliphatic carbocycles. The van der Waals surface area contributed by atoms with Gasteiger partial charge in [-0.1, -0.05) is 25.1 Å². The van der Waals surface area contributed by atoms with E-state index in [4.69, 9.17) is 4.74 Å². The Morgan fingerprint density at radius 2 is 1.94 bits per heavy atom. The van der Waals surface area contributed by atoms with Crippen molar-refractivity contribution < 1.29 is 9.53 Å². The Balaban J connectivity index is 1.50. The van der Waals surface area contributed by atoms with Gasteiger partial charge in [0, 0.05) is 31.0 Å². The number of anilines is 1. The normalized spacial score (nSPS) is 16.4. The van der Waals surface area contributed by atoms with Gasteiger partial charge < -0.3 is 15.0 Å². The van der Waals surface area contributed by atoms with E-state index in [2.05, 4.69) is 10.3 Å². The summed E-state index contributed by atoms with van der Waals surface area (Å²) in [6.07, 6.45) is 3.02. The van der Waals surface area contributed by atoms with Crippen molar-refractivity contribution in [2.75, 3.05) is 18.4 Å². The van der Waals surface area contributed by atoms with Gasteiger partial charge in [0.1, 0.15) is 11.2 Å². The SMILES string of the molecule is CCc1nc2ccccn2c(=O)c1-c1ccc(N[C@@H]2CCN(C(=O)OC(C)(C)C)C2)cc1. The first-order valence-electron chi connectivity index (χ1n) is 11.1. The Kier molecular flexibility index (Phi) is 5.91. The van der Waals surface area contributed by atoms with Gasteiger partial charge in [-0.3, -0.25) is 9.20 Å². The summed E-state index contributed by atoms with van der Waals surface area (Å²) in [4.78, 5) is 31.8. The molecule has 0 radical (unpaired) electrons. The Morgan fingerprint density at radius 3 is 2.62 bits per heavy atom. The maximum Gasteiger partial charge on any atom is 0.410 e. The molecule has 1 N–H and O–H groups in total. The van der Waals surface area contributed by atoms with Crippen LogP contribution in [0.25, 0.3) is 16.8 Å². The Bertz CT molecular complexity index is 1180. The average Bonchev–Trinajstić information content (AvgIpc) is 3.22. The highest BCUT2D eigenvalue weighted by Gasteiger charge is 2.29. The molecule has 1 saturated heterocycles. The predicted octanol–water partition coefficient (Wildman–Crippen LogP) is 4.35. The van der Waals surface area contributed by atoms with Gasteiger partial charge in [-0.2, -0.15) is 0 Å². The number of hydrogen-bond acceptors (Lipinski definition) is 5. The number of aryl methyl sites for hydroxylation is 1. The maximum atomic E-state index is 13.1. The van der Waals surface area contributed by atoms with Crippen molar-refractivity contribution in [2.24, 2.45) is 0 Å². The van der Waals surface area contributed by atoms with E-state index in [1.54, 1.807) is 15.5 Å². The first-order valence-corrected chi connectivity index (χ1v) is 11.1. The van der Waals surface area contributed by atoms with E-state index < -0.39 is 5.60 Å². The third-order valence-electron chi connectivity index (χ3n) is 5.53. The molecule has 0 spiro atoms. The second-order valence-electron chi connectivity index (χ2n) is 9.15. The zero-order valence-corrected chi connectivity index (χ0v) is 19.1. The van der Waals surface area contributed by atoms with Gasteiger partial charge in [-0.15, -0.1) is 0 Å². The van der Waals surface area contributed by atoms with Crippen molar-refractivity contribution >= 4 is 17.4 Å². The molecule has 3 aromatic rings. The van der Waals surface area contributed by atoms with Crippen molar-refractivity contribution in [1.29, 1.82) is 0 Å². The predicted molar refractivity (Wildman–Crippen MR) is 126 cm³/mol. The fraction of sp³-hybridized carbons (Fsp3) is 0.400. The number of ether oxygens (including phenoxy) is 1. The van der Waals surface area contributed by atoms with Crippen LogP contribution in [-0.4, -0.2) is 45.1 Å². The molecule has 1 amide bonds. The third-order valence-corrected chi connectivity index (χ3v) is 5.53. The molecule has 1 aromatic carbocycles. The lowest BCUT2D eigenvalue weighted by atomic mass is 10.0. The minimum absolute atomic E-state index is 0.0584. The number of aromatic nitrogens is 2. The van der Waals surface area contributed by atoms with Crippen LogP contribution in [0.3, 0.4) is 0 Å². The summed E-state index contributed by atoms with van der Waals surface area (Å²) in [7, 11) is 0. The number of carbonyl (C=O) groups excluding carboxylic acids is 1. The van der Waals surface area contributed by atoms with Crippen molar-refractivity contribution in [3.8, 4) is 11.1 Å². The van der Waals surface area contributed by atoms with E-state index >= 15 is 0 Å². The standard InChI is InChI=1S/C25H30N4O3/c1-5-20-22(23(30)29-14-7-6-8-21(29)27-20)17-9-11-18(12-10-17)26-19-13-15-28(16-19)24(31)32-25(2,3)4/h6-12,14,19,26H,5,13,15-16H2,1-4H3/t19-/m1/s1. The van der Waals surface area contributed by atoms with Gasteiger partial charge >= 0.3 is 6.09 Å². The lowest BCUT2D eigenvalue weighted by Crippen LogP contribution is -2.36. The number of amides is 1. The molecule has 1 fully saturated rings. The van der Waals surface area contributed by atoms with Gasteiger partial charge in [0.05, 0.1) is 11.3 Å². The fourth-order valence-electron chi connectivity index (χ4n) is 4.02. The number of pyridine rings is 1. The first kappa shape index (κ1) is 21.9. The smallest absolute Gasteiger partial charge is 0.410 e. The number of rotatable bonds is 4. The van der Waals surface area contributed by atoms with Crippen molar-refractivity contribution in [3.63, 3.8) is 0 Å². The number of carbonyl (C=O) groups is 1. The van der Waals surface area contributed by atoms with Gasteiger partial charge in [0.2, 0.25) is 0 Å². The van der Waals surface area contributed by atoms with Gasteiger partial charge in [-0.05, 0) is 63.4 Å². The van der Waals surface area contributed by atoms with Crippen LogP contribution in [0.2, 0.25) is 0 Å². The lowest BCUT2D eigenvalue weighted by molar-refractivity contribution is 0.0293. The molecule has 1 atom stereocenters. The summed E-state index contributed by atoms with van der Waals surface area (Å²) in [5.74, 6) is 0. The molecule has 0 unspecified atom stereocenters. The van der Waals surface area contributed by atoms with Crippen LogP contribution >= 0.6 is 0 Å². The molecule has 7 heteroatoms. The number of fused-ring (bicyclic) bond motifs is 1. The van der Waals surface area contributed by atoms with Gasteiger partial charge in [-0.25, -0.2) is 9.78 Å². The average molecular weight is 435 g/mol. The number of benzene rings is 1. The zero-order valence-electron chi connectivity index (χ0n) is 19.1. The highest BCUT2D eigenvalue weighted by molar-refractivity contribution is 5.70. The summed E-state index contributed by atoms with van der Waals surface area (Å²) in [6.45, 7) is 8.91. The largest absolute Gasteiger partial charge is 0.444 e. The maximum absolute atomic E-state index is 13.1. The number of likely N-dealkylation sites (tertiary alicyclic amines) is 1. The van der Waals surface area contributed by atoms with E-state index in [1.165, 1.54) is 0 Å². The van der Waals surface area contributed by atoms with Crippen LogP contribution < -0.4 is 10.9 Å². The van der Waals surface area contributed by atoms with Crippen LogP contribution in [0.1, 0.15) is 39.8 Å². The van der Waals surface area contributed by atoms with E-state index in [9.17, 15) is 9.59 Å². The van der Waals surface area contributed by atoms with E-state index in [0.29, 0.717) is 30.7 Å². The van der Waals surface area contributed by atoms with Crippen molar-refractivity contribution in [2.45, 2.75) is 52.2 Å². The molecule has 32 heavy (non-hydrogen) atoms. The van der Waals surface area contributed by atoms with Crippen molar-refractivity contribution in [3.05, 3.63) is 64.7 Å². The molecule has 0 saturated carbocycles. The Labute approximate surface area is 188 Å². The van der Waals surface area contributed by atoms with Crippen molar-refractivity contribution in [1.82, 2.24) is 14.3 Å². The van der Waals surface area contributed by atoms with E-state index in [-0.39, 0.29) is 17.7 Å². The minimum Gasteiger partial charge on any atom is -0.444 e. The molecule has 4 rings (SSSR count). The monoisotopic (exact) mass is 434 g/mol. The minimum atomic E-state index is -0.494. The molecule has 3 heterocycles. The Hall–Kier alpha value is -3.35. The fourth-order valence-corrected chi connectivity index (χ4v) is 4.02. The van der Waals surface area contributed by atoms with Crippen LogP contribution in [0, 0.1) is 0 Å². The number of hydrogen-bond donors (Lipinski definition) is 1. The molecule has 7 nitrogen and oxygen atoms in total. The second kappa shape index (κ2) is 8.65. The highest BCUT2D eigenvalue weighted by atomic mass is 16.6. The van der Waals surface area contributed by atoms with E-state index in [1.807, 2.05) is 70.2 Å². The number of nitrogens with zero attached hydrogens (tertiary/aromatic N) is 3. The molecular weight excluding hydrogens is 404 g/mol. The second-order valence-corrected chi connectivity index (χ2v) is 9.15. The van der Waals surface area contributed by atoms with Crippen LogP contribution in [0.4, 0.5) is 10.5 Å². The first-order chi connectivity index (χ1) is 15.2. The van der Waals surface area contributed by atoms with Crippen LogP contribution in [0.15, 0.2) is 53.5 Å². The van der Waals surface area contributed by atoms with E-state index in [0.717, 1.165) is 23.4 Å². The third kappa shape index (κ3) is 4.61. The topological polar surface area (TPSA) is 75.9 Å². The summed E-state index contributed by atoms with van der Waals surface area (Å²) >= 11 is 0. The molecule has 2 aromatic heterocycles.